The minimum atomic E-state index is -0.00521. The van der Waals surface area contributed by atoms with Gasteiger partial charge in [-0.25, -0.2) is 4.68 Å². The van der Waals surface area contributed by atoms with Crippen molar-refractivity contribution in [3.63, 3.8) is 0 Å². The van der Waals surface area contributed by atoms with Crippen LogP contribution in [-0.2, 0) is 7.05 Å². The van der Waals surface area contributed by atoms with Crippen LogP contribution in [0, 0.1) is 0 Å². The second kappa shape index (κ2) is 4.25. The molecule has 1 rings (SSSR count). The Morgan fingerprint density at radius 2 is 2.42 bits per heavy atom. The van der Waals surface area contributed by atoms with Crippen LogP contribution in [-0.4, -0.2) is 27.0 Å². The Kier molecular flexibility index (Phi) is 3.54. The van der Waals surface area contributed by atoms with Gasteiger partial charge in [0.2, 0.25) is 0 Å². The van der Waals surface area contributed by atoms with Crippen LogP contribution in [0.5, 0.6) is 0 Å². The highest BCUT2D eigenvalue weighted by Crippen LogP contribution is 2.20. The van der Waals surface area contributed by atoms with Crippen LogP contribution in [0.25, 0.3) is 0 Å². The number of hydrogen-bond donors (Lipinski definition) is 1. The van der Waals surface area contributed by atoms with E-state index in [0.29, 0.717) is 0 Å². The molecule has 1 unspecified atom stereocenters. The van der Waals surface area contributed by atoms with Crippen LogP contribution >= 0.6 is 27.7 Å². The van der Waals surface area contributed by atoms with E-state index in [-0.39, 0.29) is 6.04 Å². The molecular weight excluding hydrogens is 240 g/mol. The fourth-order valence-corrected chi connectivity index (χ4v) is 2.13. The van der Waals surface area contributed by atoms with Crippen molar-refractivity contribution < 1.29 is 0 Å². The van der Waals surface area contributed by atoms with Crippen LogP contribution in [0.3, 0.4) is 0 Å². The number of aryl methyl sites for hydroxylation is 1. The predicted octanol–water partition coefficient (Wildman–Crippen LogP) is 0.940. The van der Waals surface area contributed by atoms with E-state index in [9.17, 15) is 0 Å². The van der Waals surface area contributed by atoms with Crippen LogP contribution in [0.4, 0.5) is 0 Å². The third-order valence-corrected chi connectivity index (χ3v) is 2.78. The Hall–Kier alpha value is -0.0700. The summed E-state index contributed by atoms with van der Waals surface area (Å²) < 4.78 is 2.44. The number of nitrogens with two attached hydrogens (primary N) is 1. The topological polar surface area (TPSA) is 56.7 Å². The molecule has 0 aliphatic carbocycles. The van der Waals surface area contributed by atoms with Crippen molar-refractivity contribution in [1.29, 1.82) is 0 Å². The summed E-state index contributed by atoms with van der Waals surface area (Å²) in [6, 6.07) is -0.00521. The summed E-state index contributed by atoms with van der Waals surface area (Å²) in [5.74, 6) is 0.875. The first-order valence-corrected chi connectivity index (χ1v) is 5.65. The van der Waals surface area contributed by atoms with Gasteiger partial charge in [-0.3, -0.25) is 0 Å². The van der Waals surface area contributed by atoms with E-state index in [4.69, 9.17) is 5.73 Å². The number of thioether (sulfide) groups is 1. The van der Waals surface area contributed by atoms with Crippen LogP contribution in [0.15, 0.2) is 4.60 Å². The maximum Gasteiger partial charge on any atom is 0.153 e. The Labute approximate surface area is 84.0 Å². The molecule has 0 fully saturated rings. The molecule has 0 spiro atoms. The van der Waals surface area contributed by atoms with Crippen molar-refractivity contribution in [2.24, 2.45) is 12.8 Å². The SMILES string of the molecule is CSCC(N)c1c(Br)nnn1C. The standard InChI is InChI=1S/C6H11BrN4S/c1-11-5(4(8)3-12-2)6(7)9-10-11/h4H,3,8H2,1-2H3. The molecule has 0 amide bonds. The lowest BCUT2D eigenvalue weighted by Crippen LogP contribution is -2.17. The third-order valence-electron chi connectivity index (χ3n) is 1.52. The van der Waals surface area contributed by atoms with Gasteiger partial charge in [-0.15, -0.1) is 5.10 Å². The van der Waals surface area contributed by atoms with E-state index in [1.165, 1.54) is 0 Å². The van der Waals surface area contributed by atoms with Gasteiger partial charge in [0.15, 0.2) is 4.60 Å². The van der Waals surface area contributed by atoms with Gasteiger partial charge in [0.1, 0.15) is 0 Å². The van der Waals surface area contributed by atoms with Crippen molar-refractivity contribution >= 4 is 27.7 Å². The van der Waals surface area contributed by atoms with E-state index >= 15 is 0 Å². The molecule has 1 aromatic rings. The molecule has 0 saturated carbocycles. The molecule has 0 aromatic carbocycles. The highest BCUT2D eigenvalue weighted by molar-refractivity contribution is 9.10. The Morgan fingerprint density at radius 1 is 1.75 bits per heavy atom. The minimum absolute atomic E-state index is 0.00521. The van der Waals surface area contributed by atoms with Gasteiger partial charge >= 0.3 is 0 Å². The molecule has 0 bridgehead atoms. The molecule has 0 aliphatic heterocycles. The first kappa shape index (κ1) is 10.0. The molecule has 1 heterocycles. The maximum atomic E-state index is 5.90. The fraction of sp³-hybridized carbons (Fsp3) is 0.667. The van der Waals surface area contributed by atoms with Gasteiger partial charge in [0.05, 0.1) is 11.7 Å². The van der Waals surface area contributed by atoms with E-state index in [1.54, 1.807) is 16.4 Å². The quantitative estimate of drug-likeness (QED) is 0.868. The number of rotatable bonds is 3. The molecule has 12 heavy (non-hydrogen) atoms. The lowest BCUT2D eigenvalue weighted by molar-refractivity contribution is 0.640. The summed E-state index contributed by atoms with van der Waals surface area (Å²) in [5, 5.41) is 7.71. The van der Waals surface area contributed by atoms with Crippen LogP contribution in [0.2, 0.25) is 0 Å². The molecule has 4 nitrogen and oxygen atoms in total. The summed E-state index contributed by atoms with van der Waals surface area (Å²) >= 11 is 5.01. The van der Waals surface area contributed by atoms with Gasteiger partial charge in [-0.2, -0.15) is 11.8 Å². The zero-order valence-corrected chi connectivity index (χ0v) is 9.39. The van der Waals surface area contributed by atoms with E-state index < -0.39 is 0 Å². The summed E-state index contributed by atoms with van der Waals surface area (Å²) in [6.07, 6.45) is 2.03. The summed E-state index contributed by atoms with van der Waals surface area (Å²) in [7, 11) is 1.84. The largest absolute Gasteiger partial charge is 0.322 e. The molecule has 6 heteroatoms. The molecule has 0 saturated heterocycles. The van der Waals surface area contributed by atoms with Gasteiger partial charge < -0.3 is 5.73 Å². The van der Waals surface area contributed by atoms with Gasteiger partial charge in [-0.05, 0) is 22.2 Å². The van der Waals surface area contributed by atoms with Crippen LogP contribution < -0.4 is 5.73 Å². The van der Waals surface area contributed by atoms with Crippen LogP contribution in [0.1, 0.15) is 11.7 Å². The third kappa shape index (κ3) is 1.99. The zero-order valence-electron chi connectivity index (χ0n) is 6.99. The number of halogens is 1. The lowest BCUT2D eigenvalue weighted by atomic mass is 10.3. The minimum Gasteiger partial charge on any atom is -0.322 e. The molecule has 0 radical (unpaired) electrons. The molecule has 1 aromatic heterocycles. The molecular formula is C6H11BrN4S. The maximum absolute atomic E-state index is 5.90. The first-order valence-electron chi connectivity index (χ1n) is 3.46. The highest BCUT2D eigenvalue weighted by Gasteiger charge is 2.15. The van der Waals surface area contributed by atoms with Crippen molar-refractivity contribution in [2.45, 2.75) is 6.04 Å². The van der Waals surface area contributed by atoms with Gasteiger partial charge in [0.25, 0.3) is 0 Å². The summed E-state index contributed by atoms with van der Waals surface area (Å²) in [4.78, 5) is 0. The highest BCUT2D eigenvalue weighted by atomic mass is 79.9. The fourth-order valence-electron chi connectivity index (χ4n) is 0.991. The Balaban J connectivity index is 2.85. The second-order valence-electron chi connectivity index (χ2n) is 2.45. The van der Waals surface area contributed by atoms with Gasteiger partial charge in [-0.1, -0.05) is 5.21 Å². The average Bonchev–Trinajstić information content (AvgIpc) is 2.32. The normalized spacial score (nSPS) is 13.3. The monoisotopic (exact) mass is 250 g/mol. The predicted molar refractivity (Wildman–Crippen MR) is 54.0 cm³/mol. The second-order valence-corrected chi connectivity index (χ2v) is 4.11. The van der Waals surface area contributed by atoms with Gasteiger partial charge in [0, 0.05) is 12.8 Å². The van der Waals surface area contributed by atoms with E-state index in [2.05, 4.69) is 26.2 Å². The van der Waals surface area contributed by atoms with Crippen molar-refractivity contribution in [1.82, 2.24) is 15.0 Å². The molecule has 0 aliphatic rings. The average molecular weight is 251 g/mol. The van der Waals surface area contributed by atoms with E-state index in [0.717, 1.165) is 16.0 Å². The lowest BCUT2D eigenvalue weighted by Gasteiger charge is -2.09. The molecule has 68 valence electrons. The summed E-state index contributed by atoms with van der Waals surface area (Å²) in [6.45, 7) is 0. The van der Waals surface area contributed by atoms with Crippen molar-refractivity contribution in [3.05, 3.63) is 10.3 Å². The smallest absolute Gasteiger partial charge is 0.153 e. The van der Waals surface area contributed by atoms with Crippen molar-refractivity contribution in [3.8, 4) is 0 Å². The Morgan fingerprint density at radius 3 is 2.83 bits per heavy atom. The first-order chi connectivity index (χ1) is 5.66. The number of hydrogen-bond acceptors (Lipinski definition) is 4. The molecule has 2 N–H and O–H groups in total. The summed E-state index contributed by atoms with van der Waals surface area (Å²) in [5.41, 5.74) is 6.85. The molecule has 1 atom stereocenters. The van der Waals surface area contributed by atoms with Crippen molar-refractivity contribution in [2.75, 3.05) is 12.0 Å². The van der Waals surface area contributed by atoms with E-state index in [1.807, 2.05) is 13.3 Å². The zero-order chi connectivity index (χ0) is 9.14. The number of nitrogens with zero attached hydrogens (tertiary/aromatic N) is 3. The number of aromatic nitrogens is 3. The Bertz CT molecular complexity index is 243.